The van der Waals surface area contributed by atoms with E-state index < -0.39 is 6.10 Å². The number of aliphatic hydroxyl groups excluding tert-OH is 1. The van der Waals surface area contributed by atoms with E-state index in [9.17, 15) is 5.11 Å². The fraction of sp³-hybridized carbons (Fsp3) is 0.400. The molecule has 21 heavy (non-hydrogen) atoms. The van der Waals surface area contributed by atoms with E-state index in [1.807, 2.05) is 6.07 Å². The Labute approximate surface area is 127 Å². The van der Waals surface area contributed by atoms with Gasteiger partial charge in [0.15, 0.2) is 0 Å². The van der Waals surface area contributed by atoms with E-state index in [4.69, 9.17) is 0 Å². The Bertz CT molecular complexity index is 630. The fourth-order valence-corrected chi connectivity index (χ4v) is 3.42. The molecule has 0 heterocycles. The van der Waals surface area contributed by atoms with Gasteiger partial charge in [-0.25, -0.2) is 0 Å². The van der Waals surface area contributed by atoms with Gasteiger partial charge in [0.05, 0.1) is 6.10 Å². The van der Waals surface area contributed by atoms with E-state index in [-0.39, 0.29) is 0 Å². The van der Waals surface area contributed by atoms with E-state index in [1.165, 1.54) is 40.7 Å². The molecule has 1 nitrogen and oxygen atoms in total. The van der Waals surface area contributed by atoms with Gasteiger partial charge in [0.25, 0.3) is 0 Å². The second kappa shape index (κ2) is 5.65. The highest BCUT2D eigenvalue weighted by Crippen LogP contribution is 2.43. The molecule has 1 unspecified atom stereocenters. The molecule has 1 aliphatic rings. The Hall–Kier alpha value is -1.60. The van der Waals surface area contributed by atoms with Crippen LogP contribution in [0, 0.1) is 20.8 Å². The summed E-state index contributed by atoms with van der Waals surface area (Å²) in [5.41, 5.74) is 7.64. The molecule has 2 aromatic rings. The van der Waals surface area contributed by atoms with Gasteiger partial charge in [-0.15, -0.1) is 0 Å². The standard InChI is InChI=1S/C20H24O/c1-13-10-14(2)19(15(3)11-13)12-20(21)18-7-5-4-6-17(18)16-8-9-16/h4-7,10-11,16,20-21H,8-9,12H2,1-3H3. The van der Waals surface area contributed by atoms with Crippen LogP contribution < -0.4 is 0 Å². The Kier molecular flexibility index (Phi) is 3.86. The van der Waals surface area contributed by atoms with Gasteiger partial charge in [0.2, 0.25) is 0 Å². The molecule has 0 bridgehead atoms. The predicted molar refractivity (Wildman–Crippen MR) is 87.7 cm³/mol. The van der Waals surface area contributed by atoms with E-state index in [0.29, 0.717) is 12.3 Å². The van der Waals surface area contributed by atoms with Gasteiger partial charge in [-0.3, -0.25) is 0 Å². The van der Waals surface area contributed by atoms with Gasteiger partial charge in [0.1, 0.15) is 0 Å². The van der Waals surface area contributed by atoms with Gasteiger partial charge >= 0.3 is 0 Å². The molecule has 1 atom stereocenters. The molecule has 0 aromatic heterocycles. The quantitative estimate of drug-likeness (QED) is 0.855. The number of rotatable bonds is 4. The summed E-state index contributed by atoms with van der Waals surface area (Å²) in [6.45, 7) is 6.42. The van der Waals surface area contributed by atoms with Gasteiger partial charge in [-0.1, -0.05) is 42.0 Å². The molecule has 1 N–H and O–H groups in total. The maximum Gasteiger partial charge on any atom is 0.0833 e. The highest BCUT2D eigenvalue weighted by molar-refractivity contribution is 5.40. The van der Waals surface area contributed by atoms with Crippen molar-refractivity contribution >= 4 is 0 Å². The van der Waals surface area contributed by atoms with Crippen molar-refractivity contribution in [3.63, 3.8) is 0 Å². The van der Waals surface area contributed by atoms with Crippen molar-refractivity contribution in [2.24, 2.45) is 0 Å². The minimum absolute atomic E-state index is 0.401. The van der Waals surface area contributed by atoms with Crippen molar-refractivity contribution in [3.8, 4) is 0 Å². The first-order valence-electron chi connectivity index (χ1n) is 7.90. The number of aliphatic hydroxyl groups is 1. The summed E-state index contributed by atoms with van der Waals surface area (Å²) in [6.07, 6.45) is 2.85. The molecule has 2 aromatic carbocycles. The van der Waals surface area contributed by atoms with Crippen LogP contribution in [0.4, 0.5) is 0 Å². The molecule has 3 rings (SSSR count). The zero-order chi connectivity index (χ0) is 15.0. The monoisotopic (exact) mass is 280 g/mol. The van der Waals surface area contributed by atoms with Crippen LogP contribution in [0.15, 0.2) is 36.4 Å². The molecular formula is C20H24O. The third kappa shape index (κ3) is 3.03. The first-order valence-corrected chi connectivity index (χ1v) is 7.90. The van der Waals surface area contributed by atoms with Crippen molar-refractivity contribution < 1.29 is 5.11 Å². The van der Waals surface area contributed by atoms with E-state index >= 15 is 0 Å². The Morgan fingerprint density at radius 1 is 1.05 bits per heavy atom. The molecule has 0 spiro atoms. The minimum atomic E-state index is -0.401. The van der Waals surface area contributed by atoms with Crippen LogP contribution in [0.1, 0.15) is 58.2 Å². The molecule has 1 heteroatoms. The third-order valence-corrected chi connectivity index (χ3v) is 4.61. The largest absolute Gasteiger partial charge is 0.388 e. The van der Waals surface area contributed by atoms with Gasteiger partial charge < -0.3 is 5.11 Å². The number of benzene rings is 2. The molecule has 1 saturated carbocycles. The van der Waals surface area contributed by atoms with Crippen LogP contribution in [0.2, 0.25) is 0 Å². The first kappa shape index (κ1) is 14.3. The number of hydrogen-bond donors (Lipinski definition) is 1. The molecule has 0 amide bonds. The van der Waals surface area contributed by atoms with E-state index in [0.717, 1.165) is 5.56 Å². The summed E-state index contributed by atoms with van der Waals surface area (Å²) in [5.74, 6) is 0.677. The van der Waals surface area contributed by atoms with Crippen LogP contribution in [-0.4, -0.2) is 5.11 Å². The average Bonchev–Trinajstić information content (AvgIpc) is 3.27. The zero-order valence-electron chi connectivity index (χ0n) is 13.2. The molecule has 0 aliphatic heterocycles. The Morgan fingerprint density at radius 2 is 1.67 bits per heavy atom. The van der Waals surface area contributed by atoms with Gasteiger partial charge in [-0.05, 0) is 67.3 Å². The summed E-state index contributed by atoms with van der Waals surface area (Å²) in [6, 6.07) is 12.8. The van der Waals surface area contributed by atoms with Crippen LogP contribution in [0.5, 0.6) is 0 Å². The van der Waals surface area contributed by atoms with Crippen LogP contribution in [0.3, 0.4) is 0 Å². The van der Waals surface area contributed by atoms with Crippen LogP contribution in [0.25, 0.3) is 0 Å². The molecular weight excluding hydrogens is 256 g/mol. The summed E-state index contributed by atoms with van der Waals surface area (Å²) in [4.78, 5) is 0. The van der Waals surface area contributed by atoms with Crippen molar-refractivity contribution in [1.82, 2.24) is 0 Å². The lowest BCUT2D eigenvalue weighted by molar-refractivity contribution is 0.177. The van der Waals surface area contributed by atoms with Crippen molar-refractivity contribution in [3.05, 3.63) is 69.8 Å². The maximum atomic E-state index is 10.7. The lowest BCUT2D eigenvalue weighted by Gasteiger charge is -2.18. The highest BCUT2D eigenvalue weighted by Gasteiger charge is 2.27. The van der Waals surface area contributed by atoms with Crippen molar-refractivity contribution in [2.45, 2.75) is 52.1 Å². The van der Waals surface area contributed by atoms with E-state index in [1.54, 1.807) is 0 Å². The van der Waals surface area contributed by atoms with Gasteiger partial charge in [0, 0.05) is 6.42 Å². The Morgan fingerprint density at radius 3 is 2.29 bits per heavy atom. The second-order valence-electron chi connectivity index (χ2n) is 6.50. The van der Waals surface area contributed by atoms with Crippen molar-refractivity contribution in [1.29, 1.82) is 0 Å². The highest BCUT2D eigenvalue weighted by atomic mass is 16.3. The molecule has 110 valence electrons. The molecule has 1 aliphatic carbocycles. The van der Waals surface area contributed by atoms with Gasteiger partial charge in [-0.2, -0.15) is 0 Å². The van der Waals surface area contributed by atoms with E-state index in [2.05, 4.69) is 51.1 Å². The SMILES string of the molecule is Cc1cc(C)c(CC(O)c2ccccc2C2CC2)c(C)c1. The zero-order valence-corrected chi connectivity index (χ0v) is 13.2. The number of hydrogen-bond acceptors (Lipinski definition) is 1. The topological polar surface area (TPSA) is 20.2 Å². The summed E-state index contributed by atoms with van der Waals surface area (Å²) in [5, 5.41) is 10.7. The third-order valence-electron chi connectivity index (χ3n) is 4.61. The first-order chi connectivity index (χ1) is 10.1. The smallest absolute Gasteiger partial charge is 0.0833 e. The summed E-state index contributed by atoms with van der Waals surface area (Å²) in [7, 11) is 0. The average molecular weight is 280 g/mol. The fourth-order valence-electron chi connectivity index (χ4n) is 3.42. The molecule has 0 saturated heterocycles. The van der Waals surface area contributed by atoms with Crippen LogP contribution in [-0.2, 0) is 6.42 Å². The minimum Gasteiger partial charge on any atom is -0.388 e. The predicted octanol–water partition coefficient (Wildman–Crippen LogP) is 4.77. The molecule has 1 fully saturated rings. The normalized spacial score (nSPS) is 16.0. The second-order valence-corrected chi connectivity index (χ2v) is 6.50. The maximum absolute atomic E-state index is 10.7. The summed E-state index contributed by atoms with van der Waals surface area (Å²) >= 11 is 0. The number of aryl methyl sites for hydroxylation is 3. The summed E-state index contributed by atoms with van der Waals surface area (Å²) < 4.78 is 0. The Balaban J connectivity index is 1.89. The lowest BCUT2D eigenvalue weighted by atomic mass is 9.90. The van der Waals surface area contributed by atoms with Crippen LogP contribution >= 0.6 is 0 Å². The molecule has 0 radical (unpaired) electrons. The lowest BCUT2D eigenvalue weighted by Crippen LogP contribution is -2.07. The van der Waals surface area contributed by atoms with Crippen molar-refractivity contribution in [2.75, 3.05) is 0 Å².